The Bertz CT molecular complexity index is 909. The lowest BCUT2D eigenvalue weighted by atomic mass is 10.1. The molecule has 132 valence electrons. The lowest BCUT2D eigenvalue weighted by Crippen LogP contribution is -2.14. The molecule has 26 heavy (non-hydrogen) atoms. The van der Waals surface area contributed by atoms with E-state index in [2.05, 4.69) is 15.5 Å². The van der Waals surface area contributed by atoms with Crippen molar-refractivity contribution in [2.24, 2.45) is 0 Å². The Labute approximate surface area is 155 Å². The summed E-state index contributed by atoms with van der Waals surface area (Å²) in [6.45, 7) is 1.49. The topological polar surface area (TPSA) is 85.1 Å². The van der Waals surface area contributed by atoms with E-state index in [9.17, 15) is 9.59 Å². The number of carbonyl (C=O) groups is 2. The Hall–Kier alpha value is -2.93. The largest absolute Gasteiger partial charge is 0.416 e. The predicted molar refractivity (Wildman–Crippen MR) is 99.3 cm³/mol. The third-order valence-electron chi connectivity index (χ3n) is 3.53. The highest BCUT2D eigenvalue weighted by atomic mass is 32.2. The second kappa shape index (κ2) is 8.44. The Morgan fingerprint density at radius 2 is 1.88 bits per heavy atom. The smallest absolute Gasteiger partial charge is 0.277 e. The molecule has 0 atom stereocenters. The minimum Gasteiger partial charge on any atom is -0.416 e. The van der Waals surface area contributed by atoms with Crippen molar-refractivity contribution in [3.8, 4) is 0 Å². The van der Waals surface area contributed by atoms with Crippen molar-refractivity contribution in [1.29, 1.82) is 0 Å². The number of ketones is 1. The first-order valence-electron chi connectivity index (χ1n) is 8.00. The van der Waals surface area contributed by atoms with Crippen molar-refractivity contribution in [2.75, 3.05) is 11.1 Å². The maximum absolute atomic E-state index is 12.1. The summed E-state index contributed by atoms with van der Waals surface area (Å²) < 4.78 is 5.55. The number of amides is 1. The van der Waals surface area contributed by atoms with Gasteiger partial charge in [0.1, 0.15) is 0 Å². The number of nitrogens with zero attached hydrogens (tertiary/aromatic N) is 2. The molecule has 1 amide bonds. The molecule has 0 fully saturated rings. The summed E-state index contributed by atoms with van der Waals surface area (Å²) in [4.78, 5) is 23.4. The quantitative estimate of drug-likeness (QED) is 0.507. The maximum atomic E-state index is 12.1. The highest BCUT2D eigenvalue weighted by Gasteiger charge is 2.11. The number of carbonyl (C=O) groups excluding carboxylic acids is 2. The highest BCUT2D eigenvalue weighted by Crippen LogP contribution is 2.18. The summed E-state index contributed by atoms with van der Waals surface area (Å²) in [6.07, 6.45) is 0.554. The summed E-state index contributed by atoms with van der Waals surface area (Å²) >= 11 is 1.17. The first-order chi connectivity index (χ1) is 12.6. The molecular formula is C19H17N3O3S. The van der Waals surface area contributed by atoms with Gasteiger partial charge in [0.15, 0.2) is 5.78 Å². The van der Waals surface area contributed by atoms with Gasteiger partial charge in [-0.2, -0.15) is 0 Å². The van der Waals surface area contributed by atoms with Gasteiger partial charge in [-0.3, -0.25) is 9.59 Å². The fourth-order valence-electron chi connectivity index (χ4n) is 2.28. The van der Waals surface area contributed by atoms with Gasteiger partial charge in [0.25, 0.3) is 5.22 Å². The van der Waals surface area contributed by atoms with Crippen LogP contribution in [0.4, 0.5) is 5.69 Å². The zero-order valence-electron chi connectivity index (χ0n) is 14.1. The molecule has 0 unspecified atom stereocenters. The molecule has 6 nitrogen and oxygen atoms in total. The van der Waals surface area contributed by atoms with Crippen LogP contribution in [0.25, 0.3) is 0 Å². The van der Waals surface area contributed by atoms with Gasteiger partial charge in [-0.05, 0) is 24.6 Å². The number of Topliss-reactive ketones (excluding diaryl/α,β-unsaturated/α-hetero) is 1. The molecule has 1 heterocycles. The molecule has 7 heteroatoms. The highest BCUT2D eigenvalue weighted by molar-refractivity contribution is 7.99. The van der Waals surface area contributed by atoms with E-state index in [-0.39, 0.29) is 17.4 Å². The summed E-state index contributed by atoms with van der Waals surface area (Å²) in [5.74, 6) is 0.385. The SMILES string of the molecule is CC(=O)c1cccc(NC(=O)CSc2nnc(Cc3ccccc3)o2)c1. The molecule has 0 bridgehead atoms. The van der Waals surface area contributed by atoms with Gasteiger partial charge < -0.3 is 9.73 Å². The standard InChI is InChI=1S/C19H17N3O3S/c1-13(23)15-8-5-9-16(11-15)20-17(24)12-26-19-22-21-18(25-19)10-14-6-3-2-4-7-14/h2-9,11H,10,12H2,1H3,(H,20,24). The van der Waals surface area contributed by atoms with Gasteiger partial charge in [-0.25, -0.2) is 0 Å². The minimum absolute atomic E-state index is 0.0488. The van der Waals surface area contributed by atoms with Gasteiger partial charge in [-0.15, -0.1) is 10.2 Å². The lowest BCUT2D eigenvalue weighted by molar-refractivity contribution is -0.113. The first-order valence-corrected chi connectivity index (χ1v) is 8.98. The number of hydrogen-bond acceptors (Lipinski definition) is 6. The molecule has 3 aromatic rings. The van der Waals surface area contributed by atoms with Gasteiger partial charge in [0.05, 0.1) is 12.2 Å². The van der Waals surface area contributed by atoms with E-state index >= 15 is 0 Å². The number of nitrogens with one attached hydrogen (secondary N) is 1. The van der Waals surface area contributed by atoms with Crippen LogP contribution in [0.3, 0.4) is 0 Å². The van der Waals surface area contributed by atoms with Crippen LogP contribution in [0.2, 0.25) is 0 Å². The van der Waals surface area contributed by atoms with Gasteiger partial charge in [-0.1, -0.05) is 54.2 Å². The molecule has 0 radical (unpaired) electrons. The van der Waals surface area contributed by atoms with E-state index < -0.39 is 0 Å². The number of thioether (sulfide) groups is 1. The second-order valence-electron chi connectivity index (χ2n) is 5.60. The van der Waals surface area contributed by atoms with Gasteiger partial charge in [0.2, 0.25) is 11.8 Å². The Kier molecular flexibility index (Phi) is 5.80. The Balaban J connectivity index is 1.52. The molecule has 1 N–H and O–H groups in total. The van der Waals surface area contributed by atoms with Crippen LogP contribution < -0.4 is 5.32 Å². The van der Waals surface area contributed by atoms with E-state index in [1.54, 1.807) is 24.3 Å². The first kappa shape index (κ1) is 17.9. The number of rotatable bonds is 7. The minimum atomic E-state index is -0.210. The van der Waals surface area contributed by atoms with Crippen LogP contribution in [0.5, 0.6) is 0 Å². The molecule has 0 saturated carbocycles. The van der Waals surface area contributed by atoms with Crippen LogP contribution in [-0.4, -0.2) is 27.6 Å². The summed E-state index contributed by atoms with van der Waals surface area (Å²) in [7, 11) is 0. The van der Waals surface area contributed by atoms with E-state index in [0.29, 0.717) is 28.8 Å². The number of benzene rings is 2. The van der Waals surface area contributed by atoms with E-state index in [1.807, 2.05) is 30.3 Å². The van der Waals surface area contributed by atoms with Crippen molar-refractivity contribution in [3.63, 3.8) is 0 Å². The predicted octanol–water partition coefficient (Wildman–Crippen LogP) is 3.59. The molecule has 0 aliphatic heterocycles. The van der Waals surface area contributed by atoms with E-state index in [4.69, 9.17) is 4.42 Å². The molecular weight excluding hydrogens is 350 g/mol. The summed E-state index contributed by atoms with van der Waals surface area (Å²) in [5.41, 5.74) is 2.22. The fourth-order valence-corrected chi connectivity index (χ4v) is 2.86. The van der Waals surface area contributed by atoms with Crippen LogP contribution >= 0.6 is 11.8 Å². The fraction of sp³-hybridized carbons (Fsp3) is 0.158. The van der Waals surface area contributed by atoms with Crippen molar-refractivity contribution < 1.29 is 14.0 Å². The van der Waals surface area contributed by atoms with Gasteiger partial charge >= 0.3 is 0 Å². The second-order valence-corrected chi connectivity index (χ2v) is 6.52. The molecule has 2 aromatic carbocycles. The molecule has 1 aromatic heterocycles. The van der Waals surface area contributed by atoms with Crippen LogP contribution in [0, 0.1) is 0 Å². The number of anilines is 1. The average Bonchev–Trinajstić information content (AvgIpc) is 3.08. The van der Waals surface area contributed by atoms with E-state index in [0.717, 1.165) is 5.56 Å². The molecule has 0 aliphatic rings. The van der Waals surface area contributed by atoms with Gasteiger partial charge in [0, 0.05) is 11.3 Å². The lowest BCUT2D eigenvalue weighted by Gasteiger charge is -2.05. The maximum Gasteiger partial charge on any atom is 0.277 e. The molecule has 0 spiro atoms. The Morgan fingerprint density at radius 1 is 1.08 bits per heavy atom. The third kappa shape index (κ3) is 5.03. The van der Waals surface area contributed by atoms with Crippen molar-refractivity contribution in [2.45, 2.75) is 18.6 Å². The number of hydrogen-bond donors (Lipinski definition) is 1. The zero-order chi connectivity index (χ0) is 18.4. The van der Waals surface area contributed by atoms with Crippen LogP contribution in [0.1, 0.15) is 28.7 Å². The average molecular weight is 367 g/mol. The normalized spacial score (nSPS) is 10.5. The summed E-state index contributed by atoms with van der Waals surface area (Å²) in [6, 6.07) is 16.6. The van der Waals surface area contributed by atoms with Crippen LogP contribution in [-0.2, 0) is 11.2 Å². The molecule has 3 rings (SSSR count). The molecule has 0 aliphatic carbocycles. The van der Waals surface area contributed by atoms with Crippen molar-refractivity contribution >= 4 is 29.1 Å². The Morgan fingerprint density at radius 3 is 2.65 bits per heavy atom. The third-order valence-corrected chi connectivity index (χ3v) is 4.34. The van der Waals surface area contributed by atoms with E-state index in [1.165, 1.54) is 18.7 Å². The monoisotopic (exact) mass is 367 g/mol. The molecule has 0 saturated heterocycles. The van der Waals surface area contributed by atoms with Crippen LogP contribution in [0.15, 0.2) is 64.2 Å². The van der Waals surface area contributed by atoms with Crippen molar-refractivity contribution in [3.05, 3.63) is 71.6 Å². The zero-order valence-corrected chi connectivity index (χ0v) is 15.0. The number of aromatic nitrogens is 2. The van der Waals surface area contributed by atoms with Crippen molar-refractivity contribution in [1.82, 2.24) is 10.2 Å². The summed E-state index contributed by atoms with van der Waals surface area (Å²) in [5, 5.41) is 11.1.